The zero-order valence-electron chi connectivity index (χ0n) is 12.5. The van der Waals surface area contributed by atoms with Crippen molar-refractivity contribution in [2.75, 3.05) is 39.3 Å². The number of nitrogens with zero attached hydrogens (tertiary/aromatic N) is 2. The number of carbonyl (C=O) groups excluding carboxylic acids is 2. The maximum Gasteiger partial charge on any atom is 0.317 e. The lowest BCUT2D eigenvalue weighted by Gasteiger charge is -2.34. The number of carbonyl (C=O) groups is 2. The van der Waals surface area contributed by atoms with E-state index in [1.807, 2.05) is 6.92 Å². The minimum atomic E-state index is -0.0782. The summed E-state index contributed by atoms with van der Waals surface area (Å²) in [6, 6.07) is 6.80. The van der Waals surface area contributed by atoms with Gasteiger partial charge in [-0.25, -0.2) is 4.79 Å². The van der Waals surface area contributed by atoms with E-state index < -0.39 is 0 Å². The van der Waals surface area contributed by atoms with E-state index in [4.69, 9.17) is 16.3 Å². The zero-order chi connectivity index (χ0) is 15.9. The molecule has 7 heteroatoms. The second-order valence-electron chi connectivity index (χ2n) is 4.95. The fourth-order valence-electron chi connectivity index (χ4n) is 2.19. The summed E-state index contributed by atoms with van der Waals surface area (Å²) in [7, 11) is 0. The van der Waals surface area contributed by atoms with Crippen LogP contribution < -0.4 is 10.1 Å². The van der Waals surface area contributed by atoms with Gasteiger partial charge in [0, 0.05) is 37.7 Å². The summed E-state index contributed by atoms with van der Waals surface area (Å²) in [5.41, 5.74) is 0. The van der Waals surface area contributed by atoms with Gasteiger partial charge in [-0.2, -0.15) is 0 Å². The molecule has 1 saturated heterocycles. The van der Waals surface area contributed by atoms with Gasteiger partial charge in [0.1, 0.15) is 5.75 Å². The van der Waals surface area contributed by atoms with Crippen LogP contribution in [-0.4, -0.2) is 61.1 Å². The Labute approximate surface area is 135 Å². The summed E-state index contributed by atoms with van der Waals surface area (Å²) < 4.78 is 5.45. The van der Waals surface area contributed by atoms with Crippen molar-refractivity contribution in [3.05, 3.63) is 29.3 Å². The van der Waals surface area contributed by atoms with Gasteiger partial charge in [-0.3, -0.25) is 4.79 Å². The van der Waals surface area contributed by atoms with Crippen molar-refractivity contribution >= 4 is 23.5 Å². The maximum atomic E-state index is 12.1. The van der Waals surface area contributed by atoms with Crippen molar-refractivity contribution in [3.8, 4) is 5.75 Å². The number of urea groups is 1. The van der Waals surface area contributed by atoms with E-state index in [1.54, 1.807) is 34.1 Å². The van der Waals surface area contributed by atoms with Crippen LogP contribution in [0, 0.1) is 0 Å². The van der Waals surface area contributed by atoms with Crippen LogP contribution in [0.15, 0.2) is 24.3 Å². The number of benzene rings is 1. The Morgan fingerprint density at radius 1 is 1.14 bits per heavy atom. The number of piperazine rings is 1. The molecule has 2 rings (SSSR count). The monoisotopic (exact) mass is 325 g/mol. The first kappa shape index (κ1) is 16.4. The number of hydrogen-bond acceptors (Lipinski definition) is 3. The van der Waals surface area contributed by atoms with Crippen LogP contribution in [0.4, 0.5) is 4.79 Å². The highest BCUT2D eigenvalue weighted by atomic mass is 35.5. The van der Waals surface area contributed by atoms with E-state index in [0.29, 0.717) is 43.5 Å². The van der Waals surface area contributed by atoms with Gasteiger partial charge in [0.25, 0.3) is 5.91 Å². The molecule has 1 aromatic rings. The molecule has 120 valence electrons. The topological polar surface area (TPSA) is 61.9 Å². The first-order valence-electron chi connectivity index (χ1n) is 7.29. The molecule has 0 bridgehead atoms. The highest BCUT2D eigenvalue weighted by Gasteiger charge is 2.23. The number of ether oxygens (including phenoxy) is 1. The minimum Gasteiger partial charge on any atom is -0.484 e. The first-order valence-corrected chi connectivity index (χ1v) is 7.67. The molecule has 0 aliphatic carbocycles. The zero-order valence-corrected chi connectivity index (χ0v) is 13.3. The van der Waals surface area contributed by atoms with E-state index in [-0.39, 0.29) is 18.5 Å². The molecule has 0 atom stereocenters. The van der Waals surface area contributed by atoms with Gasteiger partial charge in [0.05, 0.1) is 0 Å². The standard InChI is InChI=1S/C15H20ClN3O3/c1-2-17-15(21)19-9-7-18(8-10-19)14(20)11-22-13-5-3-12(16)4-6-13/h3-6H,2,7-11H2,1H3,(H,17,21). The molecule has 1 aliphatic rings. The maximum absolute atomic E-state index is 12.1. The third-order valence-electron chi connectivity index (χ3n) is 3.42. The van der Waals surface area contributed by atoms with Gasteiger partial charge >= 0.3 is 6.03 Å². The molecule has 0 unspecified atom stereocenters. The minimum absolute atomic E-state index is 0.0111. The van der Waals surface area contributed by atoms with Gasteiger partial charge in [0.15, 0.2) is 6.61 Å². The summed E-state index contributed by atoms with van der Waals surface area (Å²) in [6.45, 7) is 4.61. The molecular weight excluding hydrogens is 306 g/mol. The Kier molecular flexibility index (Phi) is 5.89. The molecule has 1 N–H and O–H groups in total. The predicted molar refractivity (Wildman–Crippen MR) is 84.2 cm³/mol. The molecule has 0 spiro atoms. The summed E-state index contributed by atoms with van der Waals surface area (Å²) >= 11 is 5.79. The summed E-state index contributed by atoms with van der Waals surface area (Å²) in [6.07, 6.45) is 0. The van der Waals surface area contributed by atoms with Gasteiger partial charge in [-0.1, -0.05) is 11.6 Å². The Morgan fingerprint density at radius 3 is 2.32 bits per heavy atom. The summed E-state index contributed by atoms with van der Waals surface area (Å²) in [5.74, 6) is 0.532. The smallest absolute Gasteiger partial charge is 0.317 e. The van der Waals surface area contributed by atoms with E-state index >= 15 is 0 Å². The lowest BCUT2D eigenvalue weighted by atomic mass is 10.3. The third-order valence-corrected chi connectivity index (χ3v) is 3.68. The van der Waals surface area contributed by atoms with E-state index in [2.05, 4.69) is 5.32 Å². The molecule has 0 aromatic heterocycles. The summed E-state index contributed by atoms with van der Waals surface area (Å²) in [4.78, 5) is 27.2. The molecule has 22 heavy (non-hydrogen) atoms. The Bertz CT molecular complexity index is 513. The lowest BCUT2D eigenvalue weighted by Crippen LogP contribution is -2.53. The molecule has 0 radical (unpaired) electrons. The Morgan fingerprint density at radius 2 is 1.73 bits per heavy atom. The second kappa shape index (κ2) is 7.89. The molecule has 6 nitrogen and oxygen atoms in total. The van der Waals surface area contributed by atoms with E-state index in [1.165, 1.54) is 0 Å². The normalized spacial score (nSPS) is 14.6. The second-order valence-corrected chi connectivity index (χ2v) is 5.38. The van der Waals surface area contributed by atoms with Crippen molar-refractivity contribution < 1.29 is 14.3 Å². The fourth-order valence-corrected chi connectivity index (χ4v) is 2.32. The van der Waals surface area contributed by atoms with Crippen molar-refractivity contribution in [1.82, 2.24) is 15.1 Å². The van der Waals surface area contributed by atoms with Crippen LogP contribution in [0.25, 0.3) is 0 Å². The van der Waals surface area contributed by atoms with Crippen LogP contribution in [-0.2, 0) is 4.79 Å². The molecule has 1 aromatic carbocycles. The number of nitrogens with one attached hydrogen (secondary N) is 1. The SMILES string of the molecule is CCNC(=O)N1CCN(C(=O)COc2ccc(Cl)cc2)CC1. The Hall–Kier alpha value is -1.95. The predicted octanol–water partition coefficient (Wildman–Crippen LogP) is 1.59. The first-order chi connectivity index (χ1) is 10.6. The average molecular weight is 326 g/mol. The molecular formula is C15H20ClN3O3. The van der Waals surface area contributed by atoms with Crippen LogP contribution in [0.5, 0.6) is 5.75 Å². The van der Waals surface area contributed by atoms with Crippen LogP contribution in [0.1, 0.15) is 6.92 Å². The summed E-state index contributed by atoms with van der Waals surface area (Å²) in [5, 5.41) is 3.38. The molecule has 1 heterocycles. The Balaban J connectivity index is 1.75. The number of rotatable bonds is 4. The number of hydrogen-bond donors (Lipinski definition) is 1. The van der Waals surface area contributed by atoms with Crippen LogP contribution in [0.3, 0.4) is 0 Å². The fraction of sp³-hybridized carbons (Fsp3) is 0.467. The highest BCUT2D eigenvalue weighted by Crippen LogP contribution is 2.15. The number of amides is 3. The molecule has 1 fully saturated rings. The molecule has 3 amide bonds. The third kappa shape index (κ3) is 4.53. The molecule has 0 saturated carbocycles. The van der Waals surface area contributed by atoms with E-state index in [0.717, 1.165) is 0 Å². The van der Waals surface area contributed by atoms with Gasteiger partial charge in [-0.15, -0.1) is 0 Å². The lowest BCUT2D eigenvalue weighted by molar-refractivity contribution is -0.134. The highest BCUT2D eigenvalue weighted by molar-refractivity contribution is 6.30. The van der Waals surface area contributed by atoms with Crippen molar-refractivity contribution in [3.63, 3.8) is 0 Å². The van der Waals surface area contributed by atoms with Crippen molar-refractivity contribution in [2.24, 2.45) is 0 Å². The van der Waals surface area contributed by atoms with Crippen molar-refractivity contribution in [2.45, 2.75) is 6.92 Å². The van der Waals surface area contributed by atoms with Crippen molar-refractivity contribution in [1.29, 1.82) is 0 Å². The quantitative estimate of drug-likeness (QED) is 0.914. The largest absolute Gasteiger partial charge is 0.484 e. The molecule has 1 aliphatic heterocycles. The number of halogens is 1. The van der Waals surface area contributed by atoms with Gasteiger partial charge in [0.2, 0.25) is 0 Å². The van der Waals surface area contributed by atoms with Gasteiger partial charge in [-0.05, 0) is 31.2 Å². The van der Waals surface area contributed by atoms with Crippen LogP contribution >= 0.6 is 11.6 Å². The van der Waals surface area contributed by atoms with Crippen LogP contribution in [0.2, 0.25) is 5.02 Å². The average Bonchev–Trinajstić information content (AvgIpc) is 2.54. The van der Waals surface area contributed by atoms with Gasteiger partial charge < -0.3 is 19.9 Å². The van der Waals surface area contributed by atoms with E-state index in [9.17, 15) is 9.59 Å².